The molecule has 2 aromatic carbocycles. The van der Waals surface area contributed by atoms with Gasteiger partial charge in [-0.05, 0) is 55.3 Å². The van der Waals surface area contributed by atoms with Gasteiger partial charge in [-0.2, -0.15) is 5.26 Å². The SMILES string of the molecule is COc1ccc2cc(CN3CCCC(C#N)C3)c(-c3ccc(Cl)cc3)nc2c1. The van der Waals surface area contributed by atoms with Crippen LogP contribution in [0.25, 0.3) is 22.2 Å². The Kier molecular flexibility index (Phi) is 5.47. The number of hydrogen-bond acceptors (Lipinski definition) is 4. The molecule has 1 unspecified atom stereocenters. The van der Waals surface area contributed by atoms with Crippen LogP contribution in [0.5, 0.6) is 5.75 Å². The van der Waals surface area contributed by atoms with Gasteiger partial charge in [0, 0.05) is 35.1 Å². The fraction of sp³-hybridized carbons (Fsp3) is 0.304. The average molecular weight is 392 g/mol. The normalized spacial score (nSPS) is 17.4. The summed E-state index contributed by atoms with van der Waals surface area (Å²) >= 11 is 6.09. The molecule has 0 N–H and O–H groups in total. The van der Waals surface area contributed by atoms with Crippen molar-refractivity contribution >= 4 is 22.5 Å². The van der Waals surface area contributed by atoms with Gasteiger partial charge < -0.3 is 4.74 Å². The van der Waals surface area contributed by atoms with Gasteiger partial charge in [0.15, 0.2) is 0 Å². The summed E-state index contributed by atoms with van der Waals surface area (Å²) in [6.07, 6.45) is 2.06. The number of piperidine rings is 1. The fourth-order valence-corrected chi connectivity index (χ4v) is 3.97. The first-order valence-corrected chi connectivity index (χ1v) is 9.89. The minimum Gasteiger partial charge on any atom is -0.497 e. The Hall–Kier alpha value is -2.61. The van der Waals surface area contributed by atoms with Crippen LogP contribution in [0, 0.1) is 17.2 Å². The van der Waals surface area contributed by atoms with E-state index in [1.165, 1.54) is 5.56 Å². The largest absolute Gasteiger partial charge is 0.497 e. The Labute approximate surface area is 170 Å². The maximum Gasteiger partial charge on any atom is 0.121 e. The van der Waals surface area contributed by atoms with E-state index in [1.807, 2.05) is 42.5 Å². The Morgan fingerprint density at radius 2 is 2.04 bits per heavy atom. The van der Waals surface area contributed by atoms with Gasteiger partial charge in [0.2, 0.25) is 0 Å². The third-order valence-corrected chi connectivity index (χ3v) is 5.56. The van der Waals surface area contributed by atoms with Crippen molar-refractivity contribution in [1.82, 2.24) is 9.88 Å². The number of rotatable bonds is 4. The molecular formula is C23H22ClN3O. The summed E-state index contributed by atoms with van der Waals surface area (Å²) in [7, 11) is 1.66. The number of halogens is 1. The third-order valence-electron chi connectivity index (χ3n) is 5.30. The lowest BCUT2D eigenvalue weighted by Crippen LogP contribution is -2.34. The summed E-state index contributed by atoms with van der Waals surface area (Å²) in [6.45, 7) is 2.61. The quantitative estimate of drug-likeness (QED) is 0.605. The minimum atomic E-state index is 0.116. The monoisotopic (exact) mass is 391 g/mol. The molecule has 1 aliphatic rings. The van der Waals surface area contributed by atoms with E-state index in [9.17, 15) is 5.26 Å². The third kappa shape index (κ3) is 3.96. The van der Waals surface area contributed by atoms with Crippen molar-refractivity contribution in [2.45, 2.75) is 19.4 Å². The lowest BCUT2D eigenvalue weighted by atomic mass is 9.97. The highest BCUT2D eigenvalue weighted by Gasteiger charge is 2.21. The molecule has 0 spiro atoms. The van der Waals surface area contributed by atoms with Crippen LogP contribution in [0.3, 0.4) is 0 Å². The lowest BCUT2D eigenvalue weighted by Gasteiger charge is -2.30. The molecule has 1 fully saturated rings. The first-order valence-electron chi connectivity index (χ1n) is 9.52. The molecule has 0 bridgehead atoms. The molecule has 1 saturated heterocycles. The first kappa shape index (κ1) is 18.7. The van der Waals surface area contributed by atoms with Gasteiger partial charge in [0.25, 0.3) is 0 Å². The van der Waals surface area contributed by atoms with Gasteiger partial charge in [-0.15, -0.1) is 0 Å². The maximum absolute atomic E-state index is 9.31. The number of methoxy groups -OCH3 is 1. The zero-order valence-electron chi connectivity index (χ0n) is 15.9. The smallest absolute Gasteiger partial charge is 0.121 e. The molecule has 3 aromatic rings. The molecule has 1 aromatic heterocycles. The summed E-state index contributed by atoms with van der Waals surface area (Å²) in [5.74, 6) is 0.910. The number of nitriles is 1. The van der Waals surface area contributed by atoms with Crippen LogP contribution < -0.4 is 4.74 Å². The van der Waals surface area contributed by atoms with Gasteiger partial charge in [-0.1, -0.05) is 23.7 Å². The van der Waals surface area contributed by atoms with Crippen LogP contribution in [0.15, 0.2) is 48.5 Å². The van der Waals surface area contributed by atoms with Crippen LogP contribution >= 0.6 is 11.6 Å². The molecule has 28 heavy (non-hydrogen) atoms. The van der Waals surface area contributed by atoms with Crippen LogP contribution in [0.4, 0.5) is 0 Å². The zero-order valence-corrected chi connectivity index (χ0v) is 16.6. The highest BCUT2D eigenvalue weighted by molar-refractivity contribution is 6.30. The number of likely N-dealkylation sites (tertiary alicyclic amines) is 1. The van der Waals surface area contributed by atoms with Gasteiger partial charge in [-0.3, -0.25) is 4.90 Å². The molecule has 142 valence electrons. The molecule has 0 aliphatic carbocycles. The van der Waals surface area contributed by atoms with E-state index >= 15 is 0 Å². The molecule has 4 nitrogen and oxygen atoms in total. The molecule has 2 heterocycles. The van der Waals surface area contributed by atoms with Gasteiger partial charge in [-0.25, -0.2) is 4.98 Å². The topological polar surface area (TPSA) is 49.1 Å². The number of hydrogen-bond donors (Lipinski definition) is 0. The predicted octanol–water partition coefficient (Wildman–Crippen LogP) is 5.30. The number of ether oxygens (including phenoxy) is 1. The summed E-state index contributed by atoms with van der Waals surface area (Å²) in [6, 6.07) is 18.4. The van der Waals surface area contributed by atoms with Crippen molar-refractivity contribution in [3.05, 3.63) is 59.1 Å². The first-order chi connectivity index (χ1) is 13.7. The van der Waals surface area contributed by atoms with E-state index in [2.05, 4.69) is 17.0 Å². The van der Waals surface area contributed by atoms with Gasteiger partial charge >= 0.3 is 0 Å². The molecular weight excluding hydrogens is 370 g/mol. The van der Waals surface area contributed by atoms with Crippen LogP contribution in [0.1, 0.15) is 18.4 Å². The number of aromatic nitrogens is 1. The van der Waals surface area contributed by atoms with Gasteiger partial charge in [0.1, 0.15) is 5.75 Å². The molecule has 4 rings (SSSR count). The molecule has 5 heteroatoms. The predicted molar refractivity (Wildman–Crippen MR) is 112 cm³/mol. The summed E-state index contributed by atoms with van der Waals surface area (Å²) in [5, 5.41) is 11.1. The van der Waals surface area contributed by atoms with Crippen LogP contribution in [-0.4, -0.2) is 30.1 Å². The Bertz CT molecular complexity index is 1030. The second kappa shape index (κ2) is 8.18. The van der Waals surface area contributed by atoms with Gasteiger partial charge in [0.05, 0.1) is 30.3 Å². The zero-order chi connectivity index (χ0) is 19.5. The van der Waals surface area contributed by atoms with Crippen molar-refractivity contribution < 1.29 is 4.74 Å². The molecule has 0 radical (unpaired) electrons. The maximum atomic E-state index is 9.31. The van der Waals surface area contributed by atoms with E-state index in [1.54, 1.807) is 7.11 Å². The van der Waals surface area contributed by atoms with Crippen molar-refractivity contribution in [3.63, 3.8) is 0 Å². The second-order valence-electron chi connectivity index (χ2n) is 7.26. The molecule has 1 atom stereocenters. The van der Waals surface area contributed by atoms with Crippen molar-refractivity contribution in [2.24, 2.45) is 5.92 Å². The molecule has 0 amide bonds. The van der Waals surface area contributed by atoms with Crippen molar-refractivity contribution in [3.8, 4) is 23.1 Å². The Morgan fingerprint density at radius 1 is 1.21 bits per heavy atom. The standard InChI is InChI=1S/C23H22ClN3O/c1-28-21-9-6-18-11-19(15-27-10-2-3-16(13-25)14-27)23(26-22(18)12-21)17-4-7-20(24)8-5-17/h4-9,11-12,16H,2-3,10,14-15H2,1H3. The number of fused-ring (bicyclic) bond motifs is 1. The number of pyridine rings is 1. The average Bonchev–Trinajstić information content (AvgIpc) is 2.73. The minimum absolute atomic E-state index is 0.116. The number of nitrogens with zero attached hydrogens (tertiary/aromatic N) is 3. The van der Waals surface area contributed by atoms with Crippen molar-refractivity contribution in [1.29, 1.82) is 5.26 Å². The Morgan fingerprint density at radius 3 is 2.79 bits per heavy atom. The van der Waals surface area contributed by atoms with Crippen molar-refractivity contribution in [2.75, 3.05) is 20.2 Å². The highest BCUT2D eigenvalue weighted by Crippen LogP contribution is 2.30. The molecule has 0 saturated carbocycles. The summed E-state index contributed by atoms with van der Waals surface area (Å²) in [4.78, 5) is 7.34. The second-order valence-corrected chi connectivity index (χ2v) is 7.70. The summed E-state index contributed by atoms with van der Waals surface area (Å²) in [5.41, 5.74) is 4.06. The van der Waals surface area contributed by atoms with E-state index in [4.69, 9.17) is 21.3 Å². The van der Waals surface area contributed by atoms with E-state index < -0.39 is 0 Å². The van der Waals surface area contributed by atoms with E-state index in [0.717, 1.165) is 60.4 Å². The van der Waals surface area contributed by atoms with E-state index in [-0.39, 0.29) is 5.92 Å². The number of benzene rings is 2. The Balaban J connectivity index is 1.77. The highest BCUT2D eigenvalue weighted by atomic mass is 35.5. The summed E-state index contributed by atoms with van der Waals surface area (Å²) < 4.78 is 5.36. The van der Waals surface area contributed by atoms with Crippen LogP contribution in [-0.2, 0) is 6.54 Å². The molecule has 1 aliphatic heterocycles. The fourth-order valence-electron chi connectivity index (χ4n) is 3.84. The lowest BCUT2D eigenvalue weighted by molar-refractivity contribution is 0.192. The van der Waals surface area contributed by atoms with Crippen LogP contribution in [0.2, 0.25) is 5.02 Å². The van der Waals surface area contributed by atoms with E-state index in [0.29, 0.717) is 5.02 Å².